The van der Waals surface area contributed by atoms with Crippen LogP contribution in [-0.4, -0.2) is 29.7 Å². The topological polar surface area (TPSA) is 75.4 Å². The number of hydrogen-bond donors (Lipinski definition) is 3. The molecule has 0 fully saturated rings. The summed E-state index contributed by atoms with van der Waals surface area (Å²) in [5.41, 5.74) is 5.45. The monoisotopic (exact) mass is 230 g/mol. The quantitative estimate of drug-likeness (QED) is 0.611. The average molecular weight is 230 g/mol. The van der Waals surface area contributed by atoms with Crippen molar-refractivity contribution in [3.8, 4) is 0 Å². The summed E-state index contributed by atoms with van der Waals surface area (Å²) < 4.78 is 0. The predicted molar refractivity (Wildman–Crippen MR) is 66.0 cm³/mol. The van der Waals surface area contributed by atoms with Crippen LogP contribution in [0, 0.1) is 5.41 Å². The number of amides is 1. The van der Waals surface area contributed by atoms with Crippen LogP contribution < -0.4 is 11.1 Å². The number of carbonyl (C=O) groups is 1. The van der Waals surface area contributed by atoms with Gasteiger partial charge in [-0.3, -0.25) is 4.79 Å². The lowest BCUT2D eigenvalue weighted by molar-refractivity contribution is -0.121. The Labute approximate surface area is 98.6 Å². The van der Waals surface area contributed by atoms with Crippen molar-refractivity contribution < 1.29 is 9.90 Å². The highest BCUT2D eigenvalue weighted by molar-refractivity contribution is 5.75. The Morgan fingerprint density at radius 3 is 2.25 bits per heavy atom. The maximum Gasteiger partial charge on any atom is 0.220 e. The van der Waals surface area contributed by atoms with Gasteiger partial charge in [-0.25, -0.2) is 0 Å². The smallest absolute Gasteiger partial charge is 0.220 e. The number of aliphatic hydroxyl groups excluding tert-OH is 1. The lowest BCUT2D eigenvalue weighted by Gasteiger charge is -2.24. The van der Waals surface area contributed by atoms with Gasteiger partial charge < -0.3 is 16.2 Å². The molecule has 0 heterocycles. The summed E-state index contributed by atoms with van der Waals surface area (Å²) in [7, 11) is 0. The van der Waals surface area contributed by atoms with Crippen LogP contribution in [0.2, 0.25) is 0 Å². The number of aliphatic hydroxyl groups is 1. The van der Waals surface area contributed by atoms with Crippen LogP contribution in [0.1, 0.15) is 47.0 Å². The molecule has 0 unspecified atom stereocenters. The number of rotatable bonds is 7. The molecule has 0 atom stereocenters. The highest BCUT2D eigenvalue weighted by Crippen LogP contribution is 2.18. The lowest BCUT2D eigenvalue weighted by atomic mass is 9.89. The van der Waals surface area contributed by atoms with Gasteiger partial charge in [0, 0.05) is 25.1 Å². The van der Waals surface area contributed by atoms with Gasteiger partial charge in [0.25, 0.3) is 0 Å². The van der Waals surface area contributed by atoms with Crippen LogP contribution in [0.25, 0.3) is 0 Å². The first-order chi connectivity index (χ1) is 7.16. The molecule has 0 aromatic heterocycles. The first-order valence-electron chi connectivity index (χ1n) is 5.83. The van der Waals surface area contributed by atoms with Gasteiger partial charge in [-0.1, -0.05) is 13.8 Å². The molecule has 0 saturated heterocycles. The molecule has 0 radical (unpaired) electrons. The van der Waals surface area contributed by atoms with Gasteiger partial charge in [-0.05, 0) is 32.1 Å². The second kappa shape index (κ2) is 6.21. The van der Waals surface area contributed by atoms with Crippen LogP contribution in [-0.2, 0) is 4.79 Å². The van der Waals surface area contributed by atoms with Crippen molar-refractivity contribution in [2.24, 2.45) is 11.1 Å². The summed E-state index contributed by atoms with van der Waals surface area (Å²) >= 11 is 0. The molecule has 4 heteroatoms. The third-order valence-corrected chi connectivity index (χ3v) is 2.55. The Hall–Kier alpha value is -0.610. The maximum atomic E-state index is 11.5. The first kappa shape index (κ1) is 15.4. The fraction of sp³-hybridized carbons (Fsp3) is 0.917. The van der Waals surface area contributed by atoms with Crippen LogP contribution in [0.3, 0.4) is 0 Å². The molecule has 96 valence electrons. The fourth-order valence-electron chi connectivity index (χ4n) is 1.25. The van der Waals surface area contributed by atoms with Gasteiger partial charge in [0.1, 0.15) is 0 Å². The van der Waals surface area contributed by atoms with Gasteiger partial charge in [-0.2, -0.15) is 0 Å². The number of nitrogens with one attached hydrogen (secondary N) is 1. The first-order valence-corrected chi connectivity index (χ1v) is 5.83. The molecule has 0 aliphatic carbocycles. The summed E-state index contributed by atoms with van der Waals surface area (Å²) in [5, 5.41) is 11.7. The summed E-state index contributed by atoms with van der Waals surface area (Å²) in [6.45, 7) is 8.62. The van der Waals surface area contributed by atoms with Crippen LogP contribution in [0.15, 0.2) is 0 Å². The van der Waals surface area contributed by atoms with Crippen LogP contribution in [0.4, 0.5) is 0 Å². The van der Waals surface area contributed by atoms with Crippen molar-refractivity contribution >= 4 is 5.91 Å². The van der Waals surface area contributed by atoms with E-state index in [2.05, 4.69) is 5.32 Å². The van der Waals surface area contributed by atoms with E-state index in [0.29, 0.717) is 25.8 Å². The molecule has 0 spiro atoms. The fourth-order valence-corrected chi connectivity index (χ4v) is 1.25. The van der Waals surface area contributed by atoms with Crippen molar-refractivity contribution in [2.75, 3.05) is 13.2 Å². The zero-order chi connectivity index (χ0) is 12.8. The Kier molecular flexibility index (Phi) is 5.97. The highest BCUT2D eigenvalue weighted by Gasteiger charge is 2.19. The largest absolute Gasteiger partial charge is 0.396 e. The second-order valence-corrected chi connectivity index (χ2v) is 5.90. The molecular weight excluding hydrogens is 204 g/mol. The molecule has 4 N–H and O–H groups in total. The Bertz CT molecular complexity index is 220. The van der Waals surface area contributed by atoms with Crippen molar-refractivity contribution in [2.45, 2.75) is 52.5 Å². The van der Waals surface area contributed by atoms with Gasteiger partial charge >= 0.3 is 0 Å². The third kappa shape index (κ3) is 8.68. The van der Waals surface area contributed by atoms with E-state index in [4.69, 9.17) is 10.8 Å². The Morgan fingerprint density at radius 1 is 1.25 bits per heavy atom. The van der Waals surface area contributed by atoms with Crippen molar-refractivity contribution in [1.29, 1.82) is 0 Å². The van der Waals surface area contributed by atoms with Crippen LogP contribution in [0.5, 0.6) is 0 Å². The van der Waals surface area contributed by atoms with E-state index < -0.39 is 0 Å². The highest BCUT2D eigenvalue weighted by atomic mass is 16.3. The molecule has 4 nitrogen and oxygen atoms in total. The minimum absolute atomic E-state index is 0.0320. The predicted octanol–water partition coefficient (Wildman–Crippen LogP) is 1.03. The van der Waals surface area contributed by atoms with Crippen LogP contribution >= 0.6 is 0 Å². The number of nitrogens with two attached hydrogens (primary N) is 1. The van der Waals surface area contributed by atoms with E-state index in [1.54, 1.807) is 0 Å². The third-order valence-electron chi connectivity index (χ3n) is 2.55. The molecule has 0 saturated carbocycles. The molecule has 0 rings (SSSR count). The molecule has 0 bridgehead atoms. The molecule has 0 aromatic carbocycles. The average Bonchev–Trinajstić information content (AvgIpc) is 2.10. The van der Waals surface area contributed by atoms with Crippen molar-refractivity contribution in [3.05, 3.63) is 0 Å². The molecular formula is C12H26N2O2. The molecule has 16 heavy (non-hydrogen) atoms. The zero-order valence-corrected chi connectivity index (χ0v) is 11.0. The maximum absolute atomic E-state index is 11.5. The molecule has 0 aliphatic rings. The summed E-state index contributed by atoms with van der Waals surface area (Å²) in [6.07, 6.45) is 1.83. The Balaban J connectivity index is 3.81. The van der Waals surface area contributed by atoms with Gasteiger partial charge in [-0.15, -0.1) is 0 Å². The summed E-state index contributed by atoms with van der Waals surface area (Å²) in [5.74, 6) is 0.0320. The van der Waals surface area contributed by atoms with Gasteiger partial charge in [0.15, 0.2) is 0 Å². The van der Waals surface area contributed by atoms with E-state index in [-0.39, 0.29) is 23.5 Å². The Morgan fingerprint density at radius 2 is 1.81 bits per heavy atom. The van der Waals surface area contributed by atoms with E-state index in [9.17, 15) is 4.79 Å². The van der Waals surface area contributed by atoms with Crippen molar-refractivity contribution in [1.82, 2.24) is 5.32 Å². The SMILES string of the molecule is CC(C)(N)CCC(=O)NCC(C)(C)CCO. The van der Waals surface area contributed by atoms with Gasteiger partial charge in [0.05, 0.1) is 0 Å². The molecule has 0 aromatic rings. The van der Waals surface area contributed by atoms with E-state index in [1.807, 2.05) is 27.7 Å². The van der Waals surface area contributed by atoms with E-state index in [0.717, 1.165) is 0 Å². The standard InChI is InChI=1S/C12H26N2O2/c1-11(2,7-8-15)9-14-10(16)5-6-12(3,4)13/h15H,5-9,13H2,1-4H3,(H,14,16). The second-order valence-electron chi connectivity index (χ2n) is 5.90. The van der Waals surface area contributed by atoms with Crippen molar-refractivity contribution in [3.63, 3.8) is 0 Å². The molecule has 1 amide bonds. The number of hydrogen-bond acceptors (Lipinski definition) is 3. The summed E-state index contributed by atoms with van der Waals surface area (Å²) in [4.78, 5) is 11.5. The minimum Gasteiger partial charge on any atom is -0.396 e. The lowest BCUT2D eigenvalue weighted by Crippen LogP contribution is -2.37. The van der Waals surface area contributed by atoms with E-state index >= 15 is 0 Å². The zero-order valence-electron chi connectivity index (χ0n) is 11.0. The normalized spacial score (nSPS) is 12.6. The number of carbonyl (C=O) groups excluding carboxylic acids is 1. The molecule has 0 aliphatic heterocycles. The summed E-state index contributed by atoms with van der Waals surface area (Å²) in [6, 6.07) is 0. The minimum atomic E-state index is -0.294. The van der Waals surface area contributed by atoms with E-state index in [1.165, 1.54) is 0 Å². The van der Waals surface area contributed by atoms with Gasteiger partial charge in [0.2, 0.25) is 5.91 Å².